The zero-order chi connectivity index (χ0) is 6.85. The van der Waals surface area contributed by atoms with Gasteiger partial charge in [0.25, 0.3) is 0 Å². The fraction of sp³-hybridized carbons (Fsp3) is 0.400. The molecule has 4 heteroatoms. The molecule has 1 heterocycles. The number of hydrogen-bond acceptors (Lipinski definition) is 1. The lowest BCUT2D eigenvalue weighted by atomic mass is 10.5. The summed E-state index contributed by atoms with van der Waals surface area (Å²) in [6, 6.07) is 0. The third kappa shape index (κ3) is 1.60. The number of rotatable bonds is 1. The number of nitrogens with zero attached hydrogens (tertiary/aromatic N) is 2. The molecule has 0 aromatic carbocycles. The van der Waals surface area contributed by atoms with Crippen LogP contribution < -0.4 is 0 Å². The predicted octanol–water partition coefficient (Wildman–Crippen LogP) is 1.90. The molecule has 0 aliphatic carbocycles. The van der Waals surface area contributed by atoms with Crippen molar-refractivity contribution in [3.63, 3.8) is 0 Å². The monoisotopic (exact) mass is 164 g/mol. The Morgan fingerprint density at radius 2 is 2.33 bits per heavy atom. The van der Waals surface area contributed by atoms with Crippen molar-refractivity contribution in [3.8, 4) is 0 Å². The lowest BCUT2D eigenvalue weighted by Crippen LogP contribution is -1.80. The van der Waals surface area contributed by atoms with Gasteiger partial charge in [0.1, 0.15) is 0 Å². The summed E-state index contributed by atoms with van der Waals surface area (Å²) < 4.78 is 1.80. The van der Waals surface area contributed by atoms with E-state index in [0.29, 0.717) is 5.69 Å². The van der Waals surface area contributed by atoms with Crippen molar-refractivity contribution < 1.29 is 0 Å². The summed E-state index contributed by atoms with van der Waals surface area (Å²) in [5.74, 6) is 0. The normalized spacial score (nSPS) is 10.7. The molecule has 2 nitrogen and oxygen atoms in total. The maximum Gasteiger partial charge on any atom is 0.151 e. The van der Waals surface area contributed by atoms with Gasteiger partial charge in [-0.3, -0.25) is 0 Å². The van der Waals surface area contributed by atoms with Gasteiger partial charge in [0, 0.05) is 13.2 Å². The fourth-order valence-corrected chi connectivity index (χ4v) is 0.771. The molecule has 0 fully saturated rings. The minimum atomic E-state index is -0.508. The van der Waals surface area contributed by atoms with E-state index >= 15 is 0 Å². The van der Waals surface area contributed by atoms with Crippen molar-refractivity contribution in [2.45, 2.75) is 4.84 Å². The Morgan fingerprint density at radius 3 is 2.56 bits per heavy atom. The number of hydrogen-bond donors (Lipinski definition) is 0. The van der Waals surface area contributed by atoms with Gasteiger partial charge in [-0.25, -0.2) is 4.98 Å². The van der Waals surface area contributed by atoms with Gasteiger partial charge in [-0.15, -0.1) is 0 Å². The van der Waals surface area contributed by atoms with Crippen LogP contribution in [0, 0.1) is 0 Å². The van der Waals surface area contributed by atoms with Gasteiger partial charge in [-0.05, 0) is 0 Å². The largest absolute Gasteiger partial charge is 0.340 e. The first kappa shape index (κ1) is 6.90. The zero-order valence-electron chi connectivity index (χ0n) is 4.88. The first-order valence-corrected chi connectivity index (χ1v) is 3.33. The Bertz CT molecular complexity index is 195. The van der Waals surface area contributed by atoms with Gasteiger partial charge in [0.05, 0.1) is 12.0 Å². The van der Waals surface area contributed by atoms with Crippen LogP contribution >= 0.6 is 23.2 Å². The Morgan fingerprint density at radius 1 is 1.67 bits per heavy atom. The second-order valence-corrected chi connectivity index (χ2v) is 2.86. The highest BCUT2D eigenvalue weighted by Crippen LogP contribution is 2.21. The van der Waals surface area contributed by atoms with E-state index in [0.717, 1.165) is 0 Å². The van der Waals surface area contributed by atoms with Crippen molar-refractivity contribution in [3.05, 3.63) is 18.2 Å². The summed E-state index contributed by atoms with van der Waals surface area (Å²) >= 11 is 11.0. The molecular weight excluding hydrogens is 159 g/mol. The van der Waals surface area contributed by atoms with E-state index in [1.807, 2.05) is 7.05 Å². The number of aromatic nitrogens is 2. The first-order valence-electron chi connectivity index (χ1n) is 2.46. The molecule has 0 atom stereocenters. The van der Waals surface area contributed by atoms with Crippen LogP contribution in [0.3, 0.4) is 0 Å². The van der Waals surface area contributed by atoms with E-state index in [4.69, 9.17) is 23.2 Å². The standard InChI is InChI=1S/C5H6Cl2N2/c1-9-2-4(5(6)7)8-3-9/h2-3,5H,1H3. The summed E-state index contributed by atoms with van der Waals surface area (Å²) in [6.07, 6.45) is 3.44. The topological polar surface area (TPSA) is 17.8 Å². The van der Waals surface area contributed by atoms with Gasteiger partial charge in [0.2, 0.25) is 0 Å². The molecule has 1 aromatic rings. The maximum absolute atomic E-state index is 5.51. The van der Waals surface area contributed by atoms with Crippen LogP contribution in [0.4, 0.5) is 0 Å². The first-order chi connectivity index (χ1) is 4.20. The van der Waals surface area contributed by atoms with Crippen LogP contribution in [0.1, 0.15) is 10.5 Å². The van der Waals surface area contributed by atoms with Crippen molar-refractivity contribution in [2.75, 3.05) is 0 Å². The van der Waals surface area contributed by atoms with E-state index < -0.39 is 4.84 Å². The summed E-state index contributed by atoms with van der Waals surface area (Å²) in [4.78, 5) is 3.41. The van der Waals surface area contributed by atoms with E-state index in [-0.39, 0.29) is 0 Å². The lowest BCUT2D eigenvalue weighted by molar-refractivity contribution is 0.912. The molecule has 50 valence electrons. The quantitative estimate of drug-likeness (QED) is 0.581. The molecule has 0 unspecified atom stereocenters. The van der Waals surface area contributed by atoms with Gasteiger partial charge < -0.3 is 4.57 Å². The Labute approximate surface area is 63.4 Å². The predicted molar refractivity (Wildman–Crippen MR) is 37.7 cm³/mol. The van der Waals surface area contributed by atoms with E-state index in [1.165, 1.54) is 0 Å². The molecule has 0 spiro atoms. The summed E-state index contributed by atoms with van der Waals surface area (Å²) in [7, 11) is 1.87. The van der Waals surface area contributed by atoms with Crippen molar-refractivity contribution in [1.82, 2.24) is 9.55 Å². The van der Waals surface area contributed by atoms with E-state index in [9.17, 15) is 0 Å². The molecule has 0 radical (unpaired) electrons. The third-order valence-electron chi connectivity index (χ3n) is 0.948. The molecule has 0 amide bonds. The number of imidazole rings is 1. The van der Waals surface area contributed by atoms with Crippen LogP contribution in [-0.4, -0.2) is 9.55 Å². The number of halogens is 2. The lowest BCUT2D eigenvalue weighted by Gasteiger charge is -1.90. The average Bonchev–Trinajstić information content (AvgIpc) is 2.14. The van der Waals surface area contributed by atoms with Gasteiger partial charge in [-0.2, -0.15) is 0 Å². The smallest absolute Gasteiger partial charge is 0.151 e. The number of aryl methyl sites for hydroxylation is 1. The molecule has 0 aliphatic rings. The van der Waals surface area contributed by atoms with E-state index in [2.05, 4.69) is 4.98 Å². The highest BCUT2D eigenvalue weighted by Gasteiger charge is 2.04. The summed E-state index contributed by atoms with van der Waals surface area (Å²) in [5, 5.41) is 0. The summed E-state index contributed by atoms with van der Waals surface area (Å²) in [5.41, 5.74) is 0.695. The van der Waals surface area contributed by atoms with Gasteiger partial charge in [-0.1, -0.05) is 23.2 Å². The van der Waals surface area contributed by atoms with Gasteiger partial charge >= 0.3 is 0 Å². The van der Waals surface area contributed by atoms with Crippen LogP contribution in [0.2, 0.25) is 0 Å². The maximum atomic E-state index is 5.51. The van der Waals surface area contributed by atoms with Crippen LogP contribution in [0.5, 0.6) is 0 Å². The molecule has 1 rings (SSSR count). The summed E-state index contributed by atoms with van der Waals surface area (Å²) in [6.45, 7) is 0. The van der Waals surface area contributed by atoms with Gasteiger partial charge in [0.15, 0.2) is 4.84 Å². The van der Waals surface area contributed by atoms with Crippen molar-refractivity contribution in [2.24, 2.45) is 7.05 Å². The van der Waals surface area contributed by atoms with Crippen molar-refractivity contribution in [1.29, 1.82) is 0 Å². The Kier molecular flexibility index (Phi) is 1.98. The van der Waals surface area contributed by atoms with Crippen LogP contribution in [0.15, 0.2) is 12.5 Å². The molecule has 0 aliphatic heterocycles. The minimum Gasteiger partial charge on any atom is -0.340 e. The highest BCUT2D eigenvalue weighted by atomic mass is 35.5. The molecule has 0 bridgehead atoms. The molecule has 0 N–H and O–H groups in total. The Hall–Kier alpha value is -0.210. The highest BCUT2D eigenvalue weighted by molar-refractivity contribution is 6.43. The molecule has 0 saturated heterocycles. The second-order valence-electron chi connectivity index (χ2n) is 1.76. The SMILES string of the molecule is Cn1cnc(C(Cl)Cl)c1. The minimum absolute atomic E-state index is 0.508. The molecule has 9 heavy (non-hydrogen) atoms. The second kappa shape index (κ2) is 2.58. The molecule has 0 saturated carbocycles. The number of alkyl halides is 2. The van der Waals surface area contributed by atoms with Crippen LogP contribution in [-0.2, 0) is 7.05 Å². The van der Waals surface area contributed by atoms with Crippen LogP contribution in [0.25, 0.3) is 0 Å². The fourth-order valence-electron chi connectivity index (χ4n) is 0.546. The van der Waals surface area contributed by atoms with Crippen molar-refractivity contribution >= 4 is 23.2 Å². The molecular formula is C5H6Cl2N2. The average molecular weight is 165 g/mol. The third-order valence-corrected chi connectivity index (χ3v) is 1.40. The van der Waals surface area contributed by atoms with E-state index in [1.54, 1.807) is 17.1 Å². The zero-order valence-corrected chi connectivity index (χ0v) is 6.39. The molecule has 1 aromatic heterocycles. The Balaban J connectivity index is 2.85.